The minimum Gasteiger partial charge on any atom is -0.451 e. The van der Waals surface area contributed by atoms with E-state index < -0.39 is 0 Å². The van der Waals surface area contributed by atoms with Crippen LogP contribution in [0.4, 0.5) is 5.69 Å². The predicted molar refractivity (Wildman–Crippen MR) is 78.6 cm³/mol. The number of nitrogen functional groups attached to an aromatic ring is 1. The van der Waals surface area contributed by atoms with Gasteiger partial charge in [0.1, 0.15) is 5.58 Å². The first-order valence-corrected chi connectivity index (χ1v) is 7.02. The van der Waals surface area contributed by atoms with Gasteiger partial charge in [-0.1, -0.05) is 0 Å². The Bertz CT molecular complexity index is 615. The summed E-state index contributed by atoms with van der Waals surface area (Å²) in [5.41, 5.74) is 7.06. The SMILES string of the molecule is Nc1ccc2oc(C(=O)NCCN3CCCC3)cc2c1. The molecule has 20 heavy (non-hydrogen) atoms. The number of rotatable bonds is 4. The van der Waals surface area contributed by atoms with Crippen LogP contribution in [0.25, 0.3) is 11.0 Å². The van der Waals surface area contributed by atoms with E-state index in [2.05, 4.69) is 10.2 Å². The number of nitrogens with one attached hydrogen (secondary N) is 1. The van der Waals surface area contributed by atoms with E-state index >= 15 is 0 Å². The van der Waals surface area contributed by atoms with E-state index in [9.17, 15) is 4.79 Å². The van der Waals surface area contributed by atoms with Gasteiger partial charge in [0, 0.05) is 24.2 Å². The molecule has 1 aliphatic rings. The fourth-order valence-electron chi connectivity index (χ4n) is 2.59. The summed E-state index contributed by atoms with van der Waals surface area (Å²) in [5.74, 6) is 0.172. The van der Waals surface area contributed by atoms with Gasteiger partial charge in [-0.2, -0.15) is 0 Å². The molecule has 1 aliphatic heterocycles. The maximum atomic E-state index is 12.0. The van der Waals surface area contributed by atoms with Crippen LogP contribution in [0.3, 0.4) is 0 Å². The highest BCUT2D eigenvalue weighted by Crippen LogP contribution is 2.21. The lowest BCUT2D eigenvalue weighted by molar-refractivity contribution is 0.0924. The number of anilines is 1. The monoisotopic (exact) mass is 273 g/mol. The number of nitrogens with two attached hydrogens (primary N) is 1. The Morgan fingerprint density at radius 1 is 1.30 bits per heavy atom. The fourth-order valence-corrected chi connectivity index (χ4v) is 2.59. The third-order valence-corrected chi connectivity index (χ3v) is 3.68. The van der Waals surface area contributed by atoms with Crippen LogP contribution in [0.2, 0.25) is 0 Å². The van der Waals surface area contributed by atoms with E-state index in [4.69, 9.17) is 10.2 Å². The zero-order valence-corrected chi connectivity index (χ0v) is 11.4. The largest absolute Gasteiger partial charge is 0.451 e. The number of benzene rings is 1. The summed E-state index contributed by atoms with van der Waals surface area (Å²) in [5, 5.41) is 3.75. The molecule has 106 valence electrons. The first-order chi connectivity index (χ1) is 9.72. The lowest BCUT2D eigenvalue weighted by Gasteiger charge is -2.14. The van der Waals surface area contributed by atoms with Crippen molar-refractivity contribution in [2.24, 2.45) is 0 Å². The molecule has 0 bridgehead atoms. The van der Waals surface area contributed by atoms with Crippen molar-refractivity contribution < 1.29 is 9.21 Å². The van der Waals surface area contributed by atoms with E-state index in [0.29, 0.717) is 23.6 Å². The highest BCUT2D eigenvalue weighted by atomic mass is 16.3. The third kappa shape index (κ3) is 2.77. The van der Waals surface area contributed by atoms with Crippen LogP contribution in [0, 0.1) is 0 Å². The molecule has 3 N–H and O–H groups in total. The maximum Gasteiger partial charge on any atom is 0.287 e. The first kappa shape index (κ1) is 13.0. The van der Waals surface area contributed by atoms with Gasteiger partial charge in [-0.25, -0.2) is 0 Å². The number of nitrogens with zero attached hydrogens (tertiary/aromatic N) is 1. The molecule has 2 aromatic rings. The molecule has 0 atom stereocenters. The quantitative estimate of drug-likeness (QED) is 0.834. The number of hydrogen-bond acceptors (Lipinski definition) is 4. The normalized spacial score (nSPS) is 15.8. The predicted octanol–water partition coefficient (Wildman–Crippen LogP) is 1.84. The topological polar surface area (TPSA) is 71.5 Å². The van der Waals surface area contributed by atoms with Crippen molar-refractivity contribution in [1.82, 2.24) is 10.2 Å². The van der Waals surface area contributed by atoms with Crippen molar-refractivity contribution in [3.8, 4) is 0 Å². The number of hydrogen-bond donors (Lipinski definition) is 2. The van der Waals surface area contributed by atoms with Crippen LogP contribution >= 0.6 is 0 Å². The van der Waals surface area contributed by atoms with Crippen molar-refractivity contribution in [1.29, 1.82) is 0 Å². The molecule has 1 fully saturated rings. The number of furan rings is 1. The van der Waals surface area contributed by atoms with Gasteiger partial charge in [-0.15, -0.1) is 0 Å². The number of amides is 1. The van der Waals surface area contributed by atoms with Crippen LogP contribution in [-0.4, -0.2) is 37.0 Å². The van der Waals surface area contributed by atoms with Crippen LogP contribution in [0.15, 0.2) is 28.7 Å². The van der Waals surface area contributed by atoms with Crippen molar-refractivity contribution >= 4 is 22.6 Å². The molecule has 0 saturated carbocycles. The maximum absolute atomic E-state index is 12.0. The number of likely N-dealkylation sites (tertiary alicyclic amines) is 1. The summed E-state index contributed by atoms with van der Waals surface area (Å²) in [6, 6.07) is 7.09. The third-order valence-electron chi connectivity index (χ3n) is 3.68. The van der Waals surface area contributed by atoms with Gasteiger partial charge in [-0.05, 0) is 50.2 Å². The zero-order chi connectivity index (χ0) is 13.9. The standard InChI is InChI=1S/C15H19N3O2/c16-12-3-4-13-11(9-12)10-14(20-13)15(19)17-5-8-18-6-1-2-7-18/h3-4,9-10H,1-2,5-8,16H2,(H,17,19). The molecule has 0 unspecified atom stereocenters. The molecule has 1 aromatic carbocycles. The highest BCUT2D eigenvalue weighted by Gasteiger charge is 2.14. The minimum atomic E-state index is -0.168. The molecule has 0 radical (unpaired) electrons. The van der Waals surface area contributed by atoms with Crippen molar-refractivity contribution in [3.05, 3.63) is 30.0 Å². The second-order valence-electron chi connectivity index (χ2n) is 5.21. The molecular weight excluding hydrogens is 254 g/mol. The van der Waals surface area contributed by atoms with Gasteiger partial charge in [0.2, 0.25) is 0 Å². The van der Waals surface area contributed by atoms with Gasteiger partial charge in [0.15, 0.2) is 5.76 Å². The van der Waals surface area contributed by atoms with Crippen LogP contribution in [0.1, 0.15) is 23.4 Å². The summed E-state index contributed by atoms with van der Waals surface area (Å²) in [6.07, 6.45) is 2.53. The number of carbonyl (C=O) groups is 1. The van der Waals surface area contributed by atoms with Crippen molar-refractivity contribution in [2.45, 2.75) is 12.8 Å². The van der Waals surface area contributed by atoms with Gasteiger partial charge in [-0.3, -0.25) is 4.79 Å². The lowest BCUT2D eigenvalue weighted by atomic mass is 10.2. The van der Waals surface area contributed by atoms with E-state index in [0.717, 1.165) is 25.0 Å². The Morgan fingerprint density at radius 2 is 2.10 bits per heavy atom. The van der Waals surface area contributed by atoms with E-state index in [1.165, 1.54) is 12.8 Å². The van der Waals surface area contributed by atoms with E-state index in [1.807, 2.05) is 0 Å². The molecule has 0 spiro atoms. The number of fused-ring (bicyclic) bond motifs is 1. The van der Waals surface area contributed by atoms with Crippen molar-refractivity contribution in [2.75, 3.05) is 31.9 Å². The molecule has 1 saturated heterocycles. The molecule has 0 aliphatic carbocycles. The molecular formula is C15H19N3O2. The van der Waals surface area contributed by atoms with Crippen LogP contribution < -0.4 is 11.1 Å². The van der Waals surface area contributed by atoms with E-state index in [1.54, 1.807) is 24.3 Å². The van der Waals surface area contributed by atoms with Crippen LogP contribution in [-0.2, 0) is 0 Å². The summed E-state index contributed by atoms with van der Waals surface area (Å²) >= 11 is 0. The fraction of sp³-hybridized carbons (Fsp3) is 0.400. The zero-order valence-electron chi connectivity index (χ0n) is 11.4. The number of carbonyl (C=O) groups excluding carboxylic acids is 1. The first-order valence-electron chi connectivity index (χ1n) is 7.02. The van der Waals surface area contributed by atoms with Gasteiger partial charge in [0.25, 0.3) is 5.91 Å². The Kier molecular flexibility index (Phi) is 3.60. The Labute approximate surface area is 117 Å². The molecule has 1 aromatic heterocycles. The smallest absolute Gasteiger partial charge is 0.287 e. The molecule has 2 heterocycles. The Hall–Kier alpha value is -2.01. The molecule has 5 nitrogen and oxygen atoms in total. The summed E-state index contributed by atoms with van der Waals surface area (Å²) in [4.78, 5) is 14.4. The Morgan fingerprint density at radius 3 is 2.90 bits per heavy atom. The Balaban J connectivity index is 1.60. The van der Waals surface area contributed by atoms with Gasteiger partial charge in [0.05, 0.1) is 0 Å². The molecule has 1 amide bonds. The summed E-state index contributed by atoms with van der Waals surface area (Å²) in [7, 11) is 0. The second-order valence-corrected chi connectivity index (χ2v) is 5.21. The summed E-state index contributed by atoms with van der Waals surface area (Å²) < 4.78 is 5.53. The minimum absolute atomic E-state index is 0.168. The average molecular weight is 273 g/mol. The second kappa shape index (κ2) is 5.54. The van der Waals surface area contributed by atoms with Gasteiger partial charge >= 0.3 is 0 Å². The molecule has 5 heteroatoms. The lowest BCUT2D eigenvalue weighted by Crippen LogP contribution is -2.33. The summed E-state index contributed by atoms with van der Waals surface area (Å²) in [6.45, 7) is 3.83. The average Bonchev–Trinajstić information content (AvgIpc) is 3.06. The van der Waals surface area contributed by atoms with Crippen LogP contribution in [0.5, 0.6) is 0 Å². The van der Waals surface area contributed by atoms with Gasteiger partial charge < -0.3 is 20.4 Å². The molecule has 3 rings (SSSR count). The highest BCUT2D eigenvalue weighted by molar-refractivity contribution is 5.96. The van der Waals surface area contributed by atoms with Crippen molar-refractivity contribution in [3.63, 3.8) is 0 Å². The van der Waals surface area contributed by atoms with E-state index in [-0.39, 0.29) is 5.91 Å².